The van der Waals surface area contributed by atoms with Gasteiger partial charge in [-0.2, -0.15) is 0 Å². The monoisotopic (exact) mass is 383 g/mol. The first kappa shape index (κ1) is 22.3. The van der Waals surface area contributed by atoms with Gasteiger partial charge in [0, 0.05) is 24.7 Å². The van der Waals surface area contributed by atoms with Crippen molar-refractivity contribution in [3.63, 3.8) is 0 Å². The number of nitrogens with one attached hydrogen (secondary N) is 1. The molecular formula is C25H37NO2. The fraction of sp³-hybridized carbons (Fsp3) is 0.520. The third-order valence-electron chi connectivity index (χ3n) is 4.95. The number of rotatable bonds is 14. The molecule has 0 heterocycles. The lowest BCUT2D eigenvalue weighted by molar-refractivity contribution is 0.289. The summed E-state index contributed by atoms with van der Waals surface area (Å²) in [6.07, 6.45) is 7.02. The minimum absolute atomic E-state index is 0.762. The highest BCUT2D eigenvalue weighted by Crippen LogP contribution is 2.26. The fourth-order valence-corrected chi connectivity index (χ4v) is 3.12. The Morgan fingerprint density at radius 1 is 0.750 bits per heavy atom. The van der Waals surface area contributed by atoms with Crippen molar-refractivity contribution in [1.29, 1.82) is 0 Å². The van der Waals surface area contributed by atoms with Crippen LogP contribution in [-0.4, -0.2) is 13.2 Å². The molecule has 1 N–H and O–H groups in total. The molecule has 3 nitrogen and oxygen atoms in total. The number of hydrogen-bond acceptors (Lipinski definition) is 3. The van der Waals surface area contributed by atoms with Gasteiger partial charge in [0.05, 0.1) is 13.2 Å². The SMILES string of the molecule is CCCCCOc1ccc(CNCc2ccccc2C)c(OCCCCC)c1. The van der Waals surface area contributed by atoms with E-state index in [-0.39, 0.29) is 0 Å². The van der Waals surface area contributed by atoms with Crippen LogP contribution in [0.2, 0.25) is 0 Å². The maximum atomic E-state index is 6.11. The van der Waals surface area contributed by atoms with Gasteiger partial charge >= 0.3 is 0 Å². The van der Waals surface area contributed by atoms with E-state index in [9.17, 15) is 0 Å². The van der Waals surface area contributed by atoms with Gasteiger partial charge in [-0.3, -0.25) is 0 Å². The highest BCUT2D eigenvalue weighted by molar-refractivity contribution is 5.41. The van der Waals surface area contributed by atoms with Gasteiger partial charge in [0.15, 0.2) is 0 Å². The summed E-state index contributed by atoms with van der Waals surface area (Å²) in [5.41, 5.74) is 3.84. The standard InChI is InChI=1S/C25H37NO2/c1-4-6-10-16-27-24-15-14-23(25(18-24)28-17-11-7-5-2)20-26-19-22-13-9-8-12-21(22)3/h8-9,12-15,18,26H,4-7,10-11,16-17,19-20H2,1-3H3. The Balaban J connectivity index is 1.95. The third-order valence-corrected chi connectivity index (χ3v) is 4.95. The zero-order valence-corrected chi connectivity index (χ0v) is 17.9. The third kappa shape index (κ3) is 7.93. The van der Waals surface area contributed by atoms with Crippen molar-refractivity contribution in [2.75, 3.05) is 13.2 Å². The molecule has 2 aromatic carbocycles. The smallest absolute Gasteiger partial charge is 0.127 e. The lowest BCUT2D eigenvalue weighted by Gasteiger charge is -2.15. The van der Waals surface area contributed by atoms with Crippen LogP contribution >= 0.6 is 0 Å². The maximum Gasteiger partial charge on any atom is 0.127 e. The molecule has 0 fully saturated rings. The summed E-state index contributed by atoms with van der Waals surface area (Å²) < 4.78 is 12.0. The van der Waals surface area contributed by atoms with E-state index >= 15 is 0 Å². The van der Waals surface area contributed by atoms with E-state index in [1.54, 1.807) is 0 Å². The topological polar surface area (TPSA) is 30.5 Å². The molecule has 154 valence electrons. The zero-order valence-electron chi connectivity index (χ0n) is 17.9. The molecule has 0 unspecified atom stereocenters. The first-order valence-corrected chi connectivity index (χ1v) is 10.9. The largest absolute Gasteiger partial charge is 0.493 e. The van der Waals surface area contributed by atoms with E-state index in [0.717, 1.165) is 50.6 Å². The van der Waals surface area contributed by atoms with Gasteiger partial charge in [-0.15, -0.1) is 0 Å². The molecule has 0 spiro atoms. The van der Waals surface area contributed by atoms with Gasteiger partial charge in [-0.05, 0) is 37.0 Å². The second-order valence-corrected chi connectivity index (χ2v) is 7.41. The lowest BCUT2D eigenvalue weighted by atomic mass is 10.1. The summed E-state index contributed by atoms with van der Waals surface area (Å²) in [4.78, 5) is 0. The first-order valence-electron chi connectivity index (χ1n) is 10.9. The quantitative estimate of drug-likeness (QED) is 0.382. The minimum atomic E-state index is 0.762. The van der Waals surface area contributed by atoms with E-state index in [2.05, 4.69) is 68.6 Å². The normalized spacial score (nSPS) is 10.8. The van der Waals surface area contributed by atoms with E-state index in [1.165, 1.54) is 42.4 Å². The number of benzene rings is 2. The number of hydrogen-bond donors (Lipinski definition) is 1. The molecule has 0 saturated heterocycles. The predicted molar refractivity (Wildman–Crippen MR) is 118 cm³/mol. The van der Waals surface area contributed by atoms with Crippen molar-refractivity contribution in [2.24, 2.45) is 0 Å². The van der Waals surface area contributed by atoms with Crippen LogP contribution in [0.1, 0.15) is 69.1 Å². The van der Waals surface area contributed by atoms with Gasteiger partial charge in [-0.25, -0.2) is 0 Å². The summed E-state index contributed by atoms with van der Waals surface area (Å²) in [6.45, 7) is 9.76. The van der Waals surface area contributed by atoms with Crippen molar-refractivity contribution >= 4 is 0 Å². The summed E-state index contributed by atoms with van der Waals surface area (Å²) in [7, 11) is 0. The van der Waals surface area contributed by atoms with Gasteiger partial charge < -0.3 is 14.8 Å². The van der Waals surface area contributed by atoms with Crippen LogP contribution in [0.4, 0.5) is 0 Å². The van der Waals surface area contributed by atoms with E-state index in [4.69, 9.17) is 9.47 Å². The molecule has 0 amide bonds. The average Bonchev–Trinajstić information content (AvgIpc) is 2.71. The van der Waals surface area contributed by atoms with Gasteiger partial charge in [-0.1, -0.05) is 69.9 Å². The van der Waals surface area contributed by atoms with Crippen LogP contribution in [0, 0.1) is 6.92 Å². The molecule has 28 heavy (non-hydrogen) atoms. The van der Waals surface area contributed by atoms with Crippen LogP contribution in [0.3, 0.4) is 0 Å². The summed E-state index contributed by atoms with van der Waals surface area (Å²) in [6, 6.07) is 14.8. The van der Waals surface area contributed by atoms with Gasteiger partial charge in [0.1, 0.15) is 11.5 Å². The van der Waals surface area contributed by atoms with Crippen LogP contribution in [-0.2, 0) is 13.1 Å². The Labute approximate surface area is 171 Å². The molecule has 0 aliphatic carbocycles. The lowest BCUT2D eigenvalue weighted by Crippen LogP contribution is -2.14. The zero-order chi connectivity index (χ0) is 20.0. The molecular weight excluding hydrogens is 346 g/mol. The minimum Gasteiger partial charge on any atom is -0.493 e. The van der Waals surface area contributed by atoms with E-state index in [1.807, 2.05) is 0 Å². The molecule has 0 saturated carbocycles. The van der Waals surface area contributed by atoms with Crippen LogP contribution in [0.5, 0.6) is 11.5 Å². The molecule has 2 aromatic rings. The second-order valence-electron chi connectivity index (χ2n) is 7.41. The molecule has 0 bridgehead atoms. The van der Waals surface area contributed by atoms with E-state index < -0.39 is 0 Å². The van der Waals surface area contributed by atoms with Crippen LogP contribution in [0.15, 0.2) is 42.5 Å². The fourth-order valence-electron chi connectivity index (χ4n) is 3.12. The molecule has 0 aliphatic rings. The Hall–Kier alpha value is -2.00. The van der Waals surface area contributed by atoms with Gasteiger partial charge in [0.25, 0.3) is 0 Å². The maximum absolute atomic E-state index is 6.11. The Bertz CT molecular complexity index is 684. The van der Waals surface area contributed by atoms with Crippen molar-refractivity contribution in [3.8, 4) is 11.5 Å². The van der Waals surface area contributed by atoms with Crippen molar-refractivity contribution in [1.82, 2.24) is 5.32 Å². The average molecular weight is 384 g/mol. The van der Waals surface area contributed by atoms with Crippen LogP contribution < -0.4 is 14.8 Å². The molecule has 3 heteroatoms. The summed E-state index contributed by atoms with van der Waals surface area (Å²) in [5.74, 6) is 1.85. The molecule has 0 aromatic heterocycles. The van der Waals surface area contributed by atoms with Crippen molar-refractivity contribution in [3.05, 3.63) is 59.2 Å². The Morgan fingerprint density at radius 2 is 1.43 bits per heavy atom. The summed E-state index contributed by atoms with van der Waals surface area (Å²) >= 11 is 0. The Kier molecular flexibility index (Phi) is 10.5. The van der Waals surface area contributed by atoms with Crippen molar-refractivity contribution in [2.45, 2.75) is 72.4 Å². The Morgan fingerprint density at radius 3 is 2.14 bits per heavy atom. The number of aryl methyl sites for hydroxylation is 1. The summed E-state index contributed by atoms with van der Waals surface area (Å²) in [5, 5.41) is 3.56. The predicted octanol–water partition coefficient (Wildman–Crippen LogP) is 6.42. The van der Waals surface area contributed by atoms with Gasteiger partial charge in [0.2, 0.25) is 0 Å². The molecule has 0 atom stereocenters. The molecule has 0 radical (unpaired) electrons. The van der Waals surface area contributed by atoms with Crippen molar-refractivity contribution < 1.29 is 9.47 Å². The molecule has 2 rings (SSSR count). The number of ether oxygens (including phenoxy) is 2. The van der Waals surface area contributed by atoms with Crippen LogP contribution in [0.25, 0.3) is 0 Å². The highest BCUT2D eigenvalue weighted by Gasteiger charge is 2.07. The first-order chi connectivity index (χ1) is 13.7. The number of unbranched alkanes of at least 4 members (excludes halogenated alkanes) is 4. The molecule has 0 aliphatic heterocycles. The highest BCUT2D eigenvalue weighted by atomic mass is 16.5. The second kappa shape index (κ2) is 13.2. The van der Waals surface area contributed by atoms with E-state index in [0.29, 0.717) is 0 Å².